The highest BCUT2D eigenvalue weighted by Gasteiger charge is 2.14. The van der Waals surface area contributed by atoms with Gasteiger partial charge >= 0.3 is 0 Å². The zero-order valence-electron chi connectivity index (χ0n) is 8.77. The first-order valence-corrected chi connectivity index (χ1v) is 5.07. The normalized spacial score (nSPS) is 15.6. The van der Waals surface area contributed by atoms with Gasteiger partial charge in [0.25, 0.3) is 0 Å². The number of hydrogen-bond donors (Lipinski definition) is 1. The topological polar surface area (TPSA) is 12.0 Å². The van der Waals surface area contributed by atoms with Gasteiger partial charge in [-0.05, 0) is 38.3 Å². The Balaban J connectivity index is 3.94. The Labute approximate surface area is 77.2 Å². The number of rotatable bonds is 7. The van der Waals surface area contributed by atoms with Crippen LogP contribution in [-0.4, -0.2) is 13.6 Å². The molecule has 0 aliphatic rings. The zero-order valence-corrected chi connectivity index (χ0v) is 8.77. The van der Waals surface area contributed by atoms with Gasteiger partial charge in [0.15, 0.2) is 0 Å². The van der Waals surface area contributed by atoms with Crippen LogP contribution in [0.15, 0.2) is 12.7 Å². The largest absolute Gasteiger partial charge is 0.319 e. The quantitative estimate of drug-likeness (QED) is 0.578. The third-order valence-corrected chi connectivity index (χ3v) is 2.51. The van der Waals surface area contributed by atoms with Gasteiger partial charge in [-0.3, -0.25) is 0 Å². The molecule has 0 aromatic rings. The fourth-order valence-corrected chi connectivity index (χ4v) is 1.79. The van der Waals surface area contributed by atoms with Crippen molar-refractivity contribution in [1.29, 1.82) is 0 Å². The Bertz CT molecular complexity index is 104. The van der Waals surface area contributed by atoms with Crippen molar-refractivity contribution < 1.29 is 0 Å². The minimum atomic E-state index is 0.692. The van der Waals surface area contributed by atoms with E-state index in [-0.39, 0.29) is 0 Å². The highest BCUT2D eigenvalue weighted by Crippen LogP contribution is 2.20. The van der Waals surface area contributed by atoms with E-state index in [9.17, 15) is 0 Å². The predicted octanol–water partition coefficient (Wildman–Crippen LogP) is 2.83. The molecule has 0 aromatic heterocycles. The zero-order chi connectivity index (χ0) is 9.40. The van der Waals surface area contributed by atoms with Crippen LogP contribution in [0.1, 0.15) is 33.1 Å². The Kier molecular flexibility index (Phi) is 7.17. The molecule has 0 amide bonds. The third kappa shape index (κ3) is 3.91. The molecule has 0 rings (SSSR count). The van der Waals surface area contributed by atoms with Crippen molar-refractivity contribution in [2.45, 2.75) is 33.1 Å². The van der Waals surface area contributed by atoms with Crippen molar-refractivity contribution in [2.75, 3.05) is 13.6 Å². The van der Waals surface area contributed by atoms with Gasteiger partial charge in [0.05, 0.1) is 0 Å². The summed E-state index contributed by atoms with van der Waals surface area (Å²) < 4.78 is 0. The molecule has 72 valence electrons. The summed E-state index contributed by atoms with van der Waals surface area (Å²) in [5.41, 5.74) is 0. The molecule has 1 nitrogen and oxygen atoms in total. The molecule has 0 aromatic carbocycles. The molecule has 0 saturated heterocycles. The van der Waals surface area contributed by atoms with E-state index in [0.29, 0.717) is 5.92 Å². The van der Waals surface area contributed by atoms with Crippen LogP contribution in [0.5, 0.6) is 0 Å². The summed E-state index contributed by atoms with van der Waals surface area (Å²) in [7, 11) is 2.03. The molecule has 0 bridgehead atoms. The summed E-state index contributed by atoms with van der Waals surface area (Å²) in [6.07, 6.45) is 5.91. The molecule has 1 N–H and O–H groups in total. The lowest BCUT2D eigenvalue weighted by molar-refractivity contribution is 0.347. The number of allylic oxidation sites excluding steroid dienone is 1. The van der Waals surface area contributed by atoms with Crippen molar-refractivity contribution in [3.8, 4) is 0 Å². The average molecular weight is 169 g/mol. The lowest BCUT2D eigenvalue weighted by atomic mass is 9.86. The van der Waals surface area contributed by atoms with Crippen molar-refractivity contribution >= 4 is 0 Å². The minimum absolute atomic E-state index is 0.692. The van der Waals surface area contributed by atoms with Gasteiger partial charge in [-0.15, -0.1) is 6.58 Å². The SMILES string of the molecule is C=CC(CC)C(CCC)CNC. The van der Waals surface area contributed by atoms with Crippen molar-refractivity contribution in [3.05, 3.63) is 12.7 Å². The molecule has 0 fully saturated rings. The van der Waals surface area contributed by atoms with Crippen LogP contribution in [0, 0.1) is 11.8 Å². The molecular formula is C11H23N. The van der Waals surface area contributed by atoms with Crippen LogP contribution in [0.2, 0.25) is 0 Å². The van der Waals surface area contributed by atoms with Crippen molar-refractivity contribution in [1.82, 2.24) is 5.32 Å². The first-order chi connectivity index (χ1) is 5.79. The lowest BCUT2D eigenvalue weighted by Crippen LogP contribution is -2.24. The lowest BCUT2D eigenvalue weighted by Gasteiger charge is -2.22. The maximum absolute atomic E-state index is 3.89. The summed E-state index contributed by atoms with van der Waals surface area (Å²) >= 11 is 0. The fourth-order valence-electron chi connectivity index (χ4n) is 1.79. The molecule has 0 aliphatic heterocycles. The van der Waals surface area contributed by atoms with Gasteiger partial charge in [0.1, 0.15) is 0 Å². The number of hydrogen-bond acceptors (Lipinski definition) is 1. The molecule has 0 spiro atoms. The van der Waals surface area contributed by atoms with Crippen LogP contribution in [0.3, 0.4) is 0 Å². The molecule has 0 saturated carbocycles. The molecule has 2 unspecified atom stereocenters. The molecule has 0 radical (unpaired) electrons. The smallest absolute Gasteiger partial charge is 0.00179 e. The summed E-state index contributed by atoms with van der Waals surface area (Å²) in [5.74, 6) is 1.47. The Hall–Kier alpha value is -0.300. The maximum Gasteiger partial charge on any atom is -0.00179 e. The molecule has 0 aliphatic carbocycles. The third-order valence-electron chi connectivity index (χ3n) is 2.51. The van der Waals surface area contributed by atoms with Crippen LogP contribution < -0.4 is 5.32 Å². The van der Waals surface area contributed by atoms with Gasteiger partial charge in [0.2, 0.25) is 0 Å². The van der Waals surface area contributed by atoms with E-state index in [1.807, 2.05) is 7.05 Å². The Morgan fingerprint density at radius 1 is 1.42 bits per heavy atom. The minimum Gasteiger partial charge on any atom is -0.319 e. The van der Waals surface area contributed by atoms with E-state index in [1.165, 1.54) is 19.3 Å². The summed E-state index contributed by atoms with van der Waals surface area (Å²) in [4.78, 5) is 0. The molecule has 1 heteroatoms. The van der Waals surface area contributed by atoms with Crippen LogP contribution >= 0.6 is 0 Å². The van der Waals surface area contributed by atoms with E-state index >= 15 is 0 Å². The van der Waals surface area contributed by atoms with Crippen LogP contribution in [0.4, 0.5) is 0 Å². The van der Waals surface area contributed by atoms with Gasteiger partial charge in [-0.1, -0.05) is 26.3 Å². The Morgan fingerprint density at radius 2 is 2.08 bits per heavy atom. The van der Waals surface area contributed by atoms with Crippen LogP contribution in [-0.2, 0) is 0 Å². The predicted molar refractivity (Wildman–Crippen MR) is 56.3 cm³/mol. The second-order valence-electron chi connectivity index (χ2n) is 3.41. The fraction of sp³-hybridized carbons (Fsp3) is 0.818. The van der Waals surface area contributed by atoms with Crippen LogP contribution in [0.25, 0.3) is 0 Å². The molecule has 0 heterocycles. The summed E-state index contributed by atoms with van der Waals surface area (Å²) in [6.45, 7) is 9.50. The highest BCUT2D eigenvalue weighted by molar-refractivity contribution is 4.84. The van der Waals surface area contributed by atoms with Gasteiger partial charge in [-0.2, -0.15) is 0 Å². The van der Waals surface area contributed by atoms with E-state index in [1.54, 1.807) is 0 Å². The standard InChI is InChI=1S/C11H23N/c1-5-8-11(9-12-4)10(6-2)7-3/h6,10-12H,2,5,7-9H2,1,3-4H3. The first kappa shape index (κ1) is 11.7. The monoisotopic (exact) mass is 169 g/mol. The second kappa shape index (κ2) is 7.35. The van der Waals surface area contributed by atoms with Gasteiger partial charge < -0.3 is 5.32 Å². The average Bonchev–Trinajstić information content (AvgIpc) is 2.07. The van der Waals surface area contributed by atoms with E-state index < -0.39 is 0 Å². The first-order valence-electron chi connectivity index (χ1n) is 5.07. The van der Waals surface area contributed by atoms with E-state index in [0.717, 1.165) is 12.5 Å². The van der Waals surface area contributed by atoms with Gasteiger partial charge in [0, 0.05) is 0 Å². The second-order valence-corrected chi connectivity index (χ2v) is 3.41. The highest BCUT2D eigenvalue weighted by atomic mass is 14.8. The summed E-state index contributed by atoms with van der Waals surface area (Å²) in [6, 6.07) is 0. The molecule has 12 heavy (non-hydrogen) atoms. The summed E-state index contributed by atoms with van der Waals surface area (Å²) in [5, 5.41) is 3.25. The molecule has 2 atom stereocenters. The van der Waals surface area contributed by atoms with Crippen molar-refractivity contribution in [2.24, 2.45) is 11.8 Å². The van der Waals surface area contributed by atoms with Crippen molar-refractivity contribution in [3.63, 3.8) is 0 Å². The van der Waals surface area contributed by atoms with Gasteiger partial charge in [-0.25, -0.2) is 0 Å². The Morgan fingerprint density at radius 3 is 2.42 bits per heavy atom. The maximum atomic E-state index is 3.89. The van der Waals surface area contributed by atoms with E-state index in [4.69, 9.17) is 0 Å². The molecular weight excluding hydrogens is 146 g/mol. The number of nitrogens with one attached hydrogen (secondary N) is 1. The van der Waals surface area contributed by atoms with E-state index in [2.05, 4.69) is 31.8 Å².